The predicted molar refractivity (Wildman–Crippen MR) is 125 cm³/mol. The number of amides is 1. The van der Waals surface area contributed by atoms with Crippen molar-refractivity contribution < 1.29 is 9.53 Å². The molecule has 0 spiro atoms. The van der Waals surface area contributed by atoms with E-state index in [0.29, 0.717) is 18.7 Å². The van der Waals surface area contributed by atoms with E-state index in [-0.39, 0.29) is 12.0 Å². The normalized spacial score (nSPS) is 16.9. The molecule has 3 aromatic rings. The Balaban J connectivity index is 1.22. The number of carbonyl (C=O) groups excluding carboxylic acids is 1. The maximum absolute atomic E-state index is 13.1. The Labute approximate surface area is 188 Å². The standard InChI is InChI=1S/C26H28N4O2/c31-26(21-9-6-12-23(19-21)32-22-10-4-5-11-22)30-17-15-29(16-18-30)24-13-14-27-25(28-24)20-7-2-1-3-8-20/h1-3,6-9,12-14,19,22H,4-5,10-11,15-18H2. The molecule has 1 saturated heterocycles. The van der Waals surface area contributed by atoms with Crippen molar-refractivity contribution in [2.45, 2.75) is 31.8 Å². The van der Waals surface area contributed by atoms with Gasteiger partial charge in [0.15, 0.2) is 5.82 Å². The Morgan fingerprint density at radius 2 is 1.69 bits per heavy atom. The molecule has 1 aromatic heterocycles. The summed E-state index contributed by atoms with van der Waals surface area (Å²) in [6, 6.07) is 19.6. The number of nitrogens with zero attached hydrogens (tertiary/aromatic N) is 4. The van der Waals surface area contributed by atoms with Crippen LogP contribution in [0.1, 0.15) is 36.0 Å². The summed E-state index contributed by atoms with van der Waals surface area (Å²) in [7, 11) is 0. The van der Waals surface area contributed by atoms with Crippen LogP contribution in [0.3, 0.4) is 0 Å². The van der Waals surface area contributed by atoms with Gasteiger partial charge in [0, 0.05) is 43.5 Å². The van der Waals surface area contributed by atoms with Crippen LogP contribution in [0.4, 0.5) is 5.82 Å². The third kappa shape index (κ3) is 4.59. The van der Waals surface area contributed by atoms with Gasteiger partial charge in [-0.2, -0.15) is 0 Å². The summed E-state index contributed by atoms with van der Waals surface area (Å²) in [5.41, 5.74) is 1.70. The Morgan fingerprint density at radius 1 is 0.906 bits per heavy atom. The molecule has 1 saturated carbocycles. The molecule has 0 radical (unpaired) electrons. The third-order valence-electron chi connectivity index (χ3n) is 6.25. The van der Waals surface area contributed by atoms with Gasteiger partial charge in [0.05, 0.1) is 6.10 Å². The van der Waals surface area contributed by atoms with E-state index in [4.69, 9.17) is 9.72 Å². The molecule has 1 aliphatic carbocycles. The van der Waals surface area contributed by atoms with Gasteiger partial charge in [0.2, 0.25) is 0 Å². The number of ether oxygens (including phenoxy) is 1. The van der Waals surface area contributed by atoms with Crippen molar-refractivity contribution in [2.24, 2.45) is 0 Å². The minimum Gasteiger partial charge on any atom is -0.490 e. The van der Waals surface area contributed by atoms with Crippen LogP contribution < -0.4 is 9.64 Å². The van der Waals surface area contributed by atoms with Gasteiger partial charge in [-0.1, -0.05) is 36.4 Å². The first kappa shape index (κ1) is 20.5. The SMILES string of the molecule is O=C(c1cccc(OC2CCCC2)c1)N1CCN(c2ccnc(-c3ccccc3)n2)CC1. The molecule has 0 atom stereocenters. The lowest BCUT2D eigenvalue weighted by Crippen LogP contribution is -2.49. The number of aromatic nitrogens is 2. The summed E-state index contributed by atoms with van der Waals surface area (Å²) >= 11 is 0. The highest BCUT2D eigenvalue weighted by Crippen LogP contribution is 2.25. The van der Waals surface area contributed by atoms with Crippen molar-refractivity contribution in [3.8, 4) is 17.1 Å². The number of hydrogen-bond donors (Lipinski definition) is 0. The molecule has 2 fully saturated rings. The maximum atomic E-state index is 13.1. The monoisotopic (exact) mass is 428 g/mol. The summed E-state index contributed by atoms with van der Waals surface area (Å²) < 4.78 is 6.08. The van der Waals surface area contributed by atoms with Gasteiger partial charge in [0.25, 0.3) is 5.91 Å². The maximum Gasteiger partial charge on any atom is 0.254 e. The van der Waals surface area contributed by atoms with E-state index in [1.54, 1.807) is 6.20 Å². The van der Waals surface area contributed by atoms with E-state index in [9.17, 15) is 4.79 Å². The van der Waals surface area contributed by atoms with Gasteiger partial charge in [-0.05, 0) is 49.9 Å². The van der Waals surface area contributed by atoms with E-state index >= 15 is 0 Å². The van der Waals surface area contributed by atoms with E-state index < -0.39 is 0 Å². The molecular formula is C26H28N4O2. The zero-order chi connectivity index (χ0) is 21.8. The van der Waals surface area contributed by atoms with Gasteiger partial charge < -0.3 is 14.5 Å². The lowest BCUT2D eigenvalue weighted by molar-refractivity contribution is 0.0745. The Morgan fingerprint density at radius 3 is 2.47 bits per heavy atom. The molecule has 32 heavy (non-hydrogen) atoms. The second-order valence-electron chi connectivity index (χ2n) is 8.44. The van der Waals surface area contributed by atoms with Gasteiger partial charge in [-0.15, -0.1) is 0 Å². The molecule has 2 heterocycles. The minimum atomic E-state index is 0.0641. The number of rotatable bonds is 5. The van der Waals surface area contributed by atoms with Gasteiger partial charge in [-0.3, -0.25) is 4.79 Å². The van der Waals surface area contributed by atoms with E-state index in [0.717, 1.165) is 48.9 Å². The predicted octanol–water partition coefficient (Wildman–Crippen LogP) is 4.43. The van der Waals surface area contributed by atoms with Crippen LogP contribution in [0.2, 0.25) is 0 Å². The fourth-order valence-corrected chi connectivity index (χ4v) is 4.47. The van der Waals surface area contributed by atoms with E-state index in [1.807, 2.05) is 65.6 Å². The second-order valence-corrected chi connectivity index (χ2v) is 8.44. The largest absolute Gasteiger partial charge is 0.490 e. The van der Waals surface area contributed by atoms with Crippen molar-refractivity contribution in [1.29, 1.82) is 0 Å². The molecular weight excluding hydrogens is 400 g/mol. The third-order valence-corrected chi connectivity index (χ3v) is 6.25. The molecule has 2 aliphatic rings. The van der Waals surface area contributed by atoms with Gasteiger partial charge in [-0.25, -0.2) is 9.97 Å². The molecule has 0 unspecified atom stereocenters. The summed E-state index contributed by atoms with van der Waals surface area (Å²) in [4.78, 5) is 26.4. The molecule has 6 heteroatoms. The average Bonchev–Trinajstić information content (AvgIpc) is 3.37. The van der Waals surface area contributed by atoms with Crippen LogP contribution in [0.15, 0.2) is 66.9 Å². The van der Waals surface area contributed by atoms with Crippen LogP contribution in [0.5, 0.6) is 5.75 Å². The first-order chi connectivity index (χ1) is 15.8. The molecule has 1 aliphatic heterocycles. The van der Waals surface area contributed by atoms with Crippen molar-refractivity contribution in [3.63, 3.8) is 0 Å². The van der Waals surface area contributed by atoms with Gasteiger partial charge >= 0.3 is 0 Å². The Kier molecular flexibility index (Phi) is 6.01. The molecule has 2 aromatic carbocycles. The van der Waals surface area contributed by atoms with Crippen molar-refractivity contribution in [3.05, 3.63) is 72.4 Å². The quantitative estimate of drug-likeness (QED) is 0.602. The molecule has 0 N–H and O–H groups in total. The first-order valence-corrected chi connectivity index (χ1v) is 11.5. The van der Waals surface area contributed by atoms with E-state index in [2.05, 4.69) is 9.88 Å². The zero-order valence-electron chi connectivity index (χ0n) is 18.2. The molecule has 0 bridgehead atoms. The fourth-order valence-electron chi connectivity index (χ4n) is 4.47. The van der Waals surface area contributed by atoms with Crippen molar-refractivity contribution in [2.75, 3.05) is 31.1 Å². The fraction of sp³-hybridized carbons (Fsp3) is 0.346. The molecule has 1 amide bonds. The topological polar surface area (TPSA) is 58.6 Å². The zero-order valence-corrected chi connectivity index (χ0v) is 18.2. The lowest BCUT2D eigenvalue weighted by atomic mass is 10.1. The van der Waals surface area contributed by atoms with Crippen LogP contribution in [0, 0.1) is 0 Å². The minimum absolute atomic E-state index is 0.0641. The smallest absolute Gasteiger partial charge is 0.254 e. The summed E-state index contributed by atoms with van der Waals surface area (Å²) in [5.74, 6) is 2.49. The van der Waals surface area contributed by atoms with E-state index in [1.165, 1.54) is 12.8 Å². The molecule has 6 nitrogen and oxygen atoms in total. The van der Waals surface area contributed by atoms with Crippen molar-refractivity contribution >= 4 is 11.7 Å². The van der Waals surface area contributed by atoms with Crippen molar-refractivity contribution in [1.82, 2.24) is 14.9 Å². The number of carbonyl (C=O) groups is 1. The summed E-state index contributed by atoms with van der Waals surface area (Å²) in [6.07, 6.45) is 6.76. The molecule has 5 rings (SSSR count). The number of anilines is 1. The highest BCUT2D eigenvalue weighted by Gasteiger charge is 2.24. The van der Waals surface area contributed by atoms with Crippen LogP contribution in [-0.2, 0) is 0 Å². The number of benzene rings is 2. The summed E-state index contributed by atoms with van der Waals surface area (Å²) in [5, 5.41) is 0. The van der Waals surface area contributed by atoms with Crippen LogP contribution in [-0.4, -0.2) is 53.1 Å². The Hall–Kier alpha value is -3.41. The second kappa shape index (κ2) is 9.39. The van der Waals surface area contributed by atoms with Crippen LogP contribution in [0.25, 0.3) is 11.4 Å². The number of hydrogen-bond acceptors (Lipinski definition) is 5. The lowest BCUT2D eigenvalue weighted by Gasteiger charge is -2.35. The highest BCUT2D eigenvalue weighted by molar-refractivity contribution is 5.94. The first-order valence-electron chi connectivity index (χ1n) is 11.5. The Bertz CT molecular complexity index is 1060. The average molecular weight is 429 g/mol. The highest BCUT2D eigenvalue weighted by atomic mass is 16.5. The van der Waals surface area contributed by atoms with Gasteiger partial charge in [0.1, 0.15) is 11.6 Å². The van der Waals surface area contributed by atoms with Crippen LogP contribution >= 0.6 is 0 Å². The summed E-state index contributed by atoms with van der Waals surface area (Å²) in [6.45, 7) is 2.82. The number of piperazine rings is 1. The molecule has 164 valence electrons.